The molecule has 0 atom stereocenters. The number of aromatic nitrogens is 2. The smallest absolute Gasteiger partial charge is 0.257 e. The second kappa shape index (κ2) is 5.73. The van der Waals surface area contributed by atoms with Crippen LogP contribution in [0.25, 0.3) is 11.5 Å². The Kier molecular flexibility index (Phi) is 3.80. The van der Waals surface area contributed by atoms with Crippen molar-refractivity contribution in [1.82, 2.24) is 15.0 Å². The van der Waals surface area contributed by atoms with E-state index in [4.69, 9.17) is 10.3 Å². The van der Waals surface area contributed by atoms with Crippen LogP contribution in [0.15, 0.2) is 28.8 Å². The van der Waals surface area contributed by atoms with Crippen molar-refractivity contribution in [1.29, 1.82) is 0 Å². The van der Waals surface area contributed by atoms with Crippen LogP contribution in [-0.2, 0) is 6.54 Å². The van der Waals surface area contributed by atoms with Gasteiger partial charge in [-0.3, -0.25) is 4.90 Å². The zero-order valence-electron chi connectivity index (χ0n) is 11.7. The van der Waals surface area contributed by atoms with Crippen molar-refractivity contribution in [3.63, 3.8) is 0 Å². The lowest BCUT2D eigenvalue weighted by Gasteiger charge is -2.28. The number of hydrogen-bond acceptors (Lipinski definition) is 5. The van der Waals surface area contributed by atoms with Crippen LogP contribution in [0.1, 0.15) is 24.2 Å². The minimum absolute atomic E-state index is 0.347. The highest BCUT2D eigenvalue weighted by Crippen LogP contribution is 2.19. The molecular formula is C15H20N4O. The van der Waals surface area contributed by atoms with Crippen molar-refractivity contribution in [3.8, 4) is 11.5 Å². The minimum atomic E-state index is 0.347. The number of aryl methyl sites for hydroxylation is 1. The van der Waals surface area contributed by atoms with E-state index in [1.807, 2.05) is 12.1 Å². The number of hydrogen-bond donors (Lipinski definition) is 1. The topological polar surface area (TPSA) is 68.2 Å². The fourth-order valence-corrected chi connectivity index (χ4v) is 2.52. The number of piperidine rings is 1. The van der Waals surface area contributed by atoms with Gasteiger partial charge in [0.1, 0.15) is 0 Å². The lowest BCUT2D eigenvalue weighted by atomic mass is 10.1. The molecule has 0 radical (unpaired) electrons. The molecule has 0 aliphatic carbocycles. The second-order valence-electron chi connectivity index (χ2n) is 5.50. The van der Waals surface area contributed by atoms with Crippen LogP contribution in [0.5, 0.6) is 0 Å². The molecule has 0 saturated carbocycles. The third-order valence-electron chi connectivity index (χ3n) is 3.73. The Hall–Kier alpha value is -1.72. The zero-order valence-corrected chi connectivity index (χ0v) is 11.7. The summed E-state index contributed by atoms with van der Waals surface area (Å²) in [6.45, 7) is 4.81. The van der Waals surface area contributed by atoms with E-state index in [-0.39, 0.29) is 0 Å². The summed E-state index contributed by atoms with van der Waals surface area (Å²) in [5.41, 5.74) is 8.07. The van der Waals surface area contributed by atoms with E-state index in [0.717, 1.165) is 43.9 Å². The van der Waals surface area contributed by atoms with Crippen molar-refractivity contribution in [2.75, 3.05) is 13.1 Å². The molecule has 5 heteroatoms. The van der Waals surface area contributed by atoms with E-state index in [9.17, 15) is 0 Å². The number of likely N-dealkylation sites (tertiary alicyclic amines) is 1. The third kappa shape index (κ3) is 3.05. The molecule has 2 N–H and O–H groups in total. The molecule has 1 saturated heterocycles. The zero-order chi connectivity index (χ0) is 13.9. The lowest BCUT2D eigenvalue weighted by Crippen LogP contribution is -2.39. The highest BCUT2D eigenvalue weighted by molar-refractivity contribution is 5.53. The van der Waals surface area contributed by atoms with E-state index >= 15 is 0 Å². The van der Waals surface area contributed by atoms with Crippen molar-refractivity contribution in [2.24, 2.45) is 5.73 Å². The molecule has 3 rings (SSSR count). The van der Waals surface area contributed by atoms with Crippen molar-refractivity contribution >= 4 is 0 Å². The molecule has 0 bridgehead atoms. The molecule has 0 unspecified atom stereocenters. The summed E-state index contributed by atoms with van der Waals surface area (Å²) in [4.78, 5) is 6.81. The maximum atomic E-state index is 5.91. The van der Waals surface area contributed by atoms with Crippen LogP contribution in [0.2, 0.25) is 0 Å². The van der Waals surface area contributed by atoms with Gasteiger partial charge in [-0.2, -0.15) is 4.98 Å². The van der Waals surface area contributed by atoms with Gasteiger partial charge in [-0.25, -0.2) is 0 Å². The quantitative estimate of drug-likeness (QED) is 0.925. The Morgan fingerprint density at radius 1 is 1.35 bits per heavy atom. The summed E-state index contributed by atoms with van der Waals surface area (Å²) in [5, 5.41) is 4.08. The molecule has 2 aromatic rings. The fourth-order valence-electron chi connectivity index (χ4n) is 2.52. The summed E-state index contributed by atoms with van der Waals surface area (Å²) in [5.74, 6) is 1.34. The molecule has 1 aliphatic heterocycles. The average molecular weight is 272 g/mol. The lowest BCUT2D eigenvalue weighted by molar-refractivity contribution is 0.199. The standard InChI is InChI=1S/C15H20N4O/c1-11-3-2-4-12(9-11)15-17-14(18-20-15)10-19-7-5-13(16)6-8-19/h2-4,9,13H,5-8,10,16H2,1H3. The second-order valence-corrected chi connectivity index (χ2v) is 5.50. The number of nitrogens with two attached hydrogens (primary N) is 1. The fraction of sp³-hybridized carbons (Fsp3) is 0.467. The SMILES string of the molecule is Cc1cccc(-c2nc(CN3CCC(N)CC3)no2)c1. The number of benzene rings is 1. The number of rotatable bonds is 3. The predicted octanol–water partition coefficient (Wildman–Crippen LogP) is 1.97. The van der Waals surface area contributed by atoms with Gasteiger partial charge >= 0.3 is 0 Å². The highest BCUT2D eigenvalue weighted by atomic mass is 16.5. The van der Waals surface area contributed by atoms with Gasteiger partial charge in [0.05, 0.1) is 6.54 Å². The van der Waals surface area contributed by atoms with Crippen LogP contribution in [-0.4, -0.2) is 34.2 Å². The molecule has 2 heterocycles. The molecule has 20 heavy (non-hydrogen) atoms. The van der Waals surface area contributed by atoms with E-state index in [1.54, 1.807) is 0 Å². The summed E-state index contributed by atoms with van der Waals surface area (Å²) in [6.07, 6.45) is 2.09. The van der Waals surface area contributed by atoms with Crippen LogP contribution in [0.3, 0.4) is 0 Å². The van der Waals surface area contributed by atoms with Gasteiger partial charge < -0.3 is 10.3 Å². The normalized spacial score (nSPS) is 17.5. The molecule has 0 spiro atoms. The van der Waals surface area contributed by atoms with Crippen LogP contribution in [0, 0.1) is 6.92 Å². The van der Waals surface area contributed by atoms with Crippen LogP contribution >= 0.6 is 0 Å². The maximum absolute atomic E-state index is 5.91. The maximum Gasteiger partial charge on any atom is 0.257 e. The van der Waals surface area contributed by atoms with E-state index < -0.39 is 0 Å². The van der Waals surface area contributed by atoms with Crippen molar-refractivity contribution < 1.29 is 4.52 Å². The Bertz CT molecular complexity index is 573. The van der Waals surface area contributed by atoms with Gasteiger partial charge in [0.15, 0.2) is 5.82 Å². The van der Waals surface area contributed by atoms with E-state index in [2.05, 4.69) is 34.1 Å². The first kappa shape index (κ1) is 13.3. The minimum Gasteiger partial charge on any atom is -0.334 e. The molecule has 1 aliphatic rings. The third-order valence-corrected chi connectivity index (χ3v) is 3.73. The average Bonchev–Trinajstić information content (AvgIpc) is 2.90. The van der Waals surface area contributed by atoms with E-state index in [1.165, 1.54) is 5.56 Å². The summed E-state index contributed by atoms with van der Waals surface area (Å²) in [7, 11) is 0. The van der Waals surface area contributed by atoms with E-state index in [0.29, 0.717) is 11.9 Å². The predicted molar refractivity (Wildman–Crippen MR) is 77.0 cm³/mol. The van der Waals surface area contributed by atoms with Gasteiger partial charge in [-0.15, -0.1) is 0 Å². The molecule has 0 amide bonds. The molecule has 106 valence electrons. The first-order chi connectivity index (χ1) is 9.70. The number of nitrogens with zero attached hydrogens (tertiary/aromatic N) is 3. The van der Waals surface area contributed by atoms with Gasteiger partial charge in [-0.1, -0.05) is 22.9 Å². The van der Waals surface area contributed by atoms with Crippen molar-refractivity contribution in [3.05, 3.63) is 35.7 Å². The van der Waals surface area contributed by atoms with Gasteiger partial charge in [0.25, 0.3) is 5.89 Å². The Morgan fingerprint density at radius 2 is 2.15 bits per heavy atom. The van der Waals surface area contributed by atoms with Gasteiger partial charge in [-0.05, 0) is 31.9 Å². The first-order valence-corrected chi connectivity index (χ1v) is 7.08. The van der Waals surface area contributed by atoms with Crippen LogP contribution in [0.4, 0.5) is 0 Å². The summed E-state index contributed by atoms with van der Waals surface area (Å²) < 4.78 is 5.36. The highest BCUT2D eigenvalue weighted by Gasteiger charge is 2.18. The monoisotopic (exact) mass is 272 g/mol. The Morgan fingerprint density at radius 3 is 2.90 bits per heavy atom. The molecule has 1 aromatic heterocycles. The molecular weight excluding hydrogens is 252 g/mol. The van der Waals surface area contributed by atoms with Gasteiger partial charge in [0.2, 0.25) is 0 Å². The van der Waals surface area contributed by atoms with Crippen LogP contribution < -0.4 is 5.73 Å². The van der Waals surface area contributed by atoms with Gasteiger partial charge in [0, 0.05) is 24.7 Å². The molecule has 1 fully saturated rings. The summed E-state index contributed by atoms with van der Waals surface area (Å²) >= 11 is 0. The summed E-state index contributed by atoms with van der Waals surface area (Å²) in [6, 6.07) is 8.44. The Balaban J connectivity index is 1.68. The molecule has 5 nitrogen and oxygen atoms in total. The van der Waals surface area contributed by atoms with Crippen molar-refractivity contribution in [2.45, 2.75) is 32.4 Å². The molecule has 1 aromatic carbocycles. The first-order valence-electron chi connectivity index (χ1n) is 7.08. The largest absolute Gasteiger partial charge is 0.334 e. The Labute approximate surface area is 118 Å².